The fourth-order valence-corrected chi connectivity index (χ4v) is 3.08. The van der Waals surface area contributed by atoms with Gasteiger partial charge in [-0.05, 0) is 51.3 Å². The topological polar surface area (TPSA) is 75.1 Å². The third-order valence-electron chi connectivity index (χ3n) is 4.63. The fraction of sp³-hybridized carbons (Fsp3) is 0.650. The zero-order valence-corrected chi connectivity index (χ0v) is 16.3. The lowest BCUT2D eigenvalue weighted by atomic mass is 9.84. The van der Waals surface area contributed by atoms with Crippen LogP contribution in [-0.4, -0.2) is 56.6 Å². The maximum absolute atomic E-state index is 9.34. The van der Waals surface area contributed by atoms with Crippen LogP contribution in [0.25, 0.3) is 0 Å². The molecule has 0 radical (unpaired) electrons. The Morgan fingerprint density at radius 3 is 2.92 bits per heavy atom. The molecule has 6 heteroatoms. The van der Waals surface area contributed by atoms with Gasteiger partial charge >= 0.3 is 0 Å². The van der Waals surface area contributed by atoms with Crippen molar-refractivity contribution in [2.75, 3.05) is 39.5 Å². The number of aliphatic hydroxyl groups excluding tert-OH is 1. The van der Waals surface area contributed by atoms with E-state index in [-0.39, 0.29) is 18.1 Å². The molecule has 26 heavy (non-hydrogen) atoms. The van der Waals surface area contributed by atoms with Gasteiger partial charge in [0.2, 0.25) is 0 Å². The maximum Gasteiger partial charge on any atom is 0.191 e. The summed E-state index contributed by atoms with van der Waals surface area (Å²) in [6.45, 7) is 9.83. The van der Waals surface area contributed by atoms with Gasteiger partial charge < -0.3 is 25.2 Å². The van der Waals surface area contributed by atoms with Gasteiger partial charge in [-0.15, -0.1) is 0 Å². The van der Waals surface area contributed by atoms with Crippen molar-refractivity contribution in [2.24, 2.45) is 10.4 Å². The van der Waals surface area contributed by atoms with Gasteiger partial charge in [-0.25, -0.2) is 0 Å². The molecular formula is C20H33N3O3. The third-order valence-corrected chi connectivity index (χ3v) is 4.63. The van der Waals surface area contributed by atoms with Crippen molar-refractivity contribution in [3.8, 4) is 5.75 Å². The maximum atomic E-state index is 9.34. The number of benzene rings is 1. The predicted octanol–water partition coefficient (Wildman–Crippen LogP) is 2.11. The SMILES string of the molecule is CCNC(=NCC1(CCO)CCOC1)NCC(C)Oc1cccc(C)c1. The molecule has 146 valence electrons. The van der Waals surface area contributed by atoms with Gasteiger partial charge in [0.15, 0.2) is 5.96 Å². The predicted molar refractivity (Wildman–Crippen MR) is 105 cm³/mol. The van der Waals surface area contributed by atoms with Crippen LogP contribution < -0.4 is 15.4 Å². The minimum Gasteiger partial charge on any atom is -0.489 e. The minimum atomic E-state index is -0.0409. The van der Waals surface area contributed by atoms with Crippen LogP contribution in [0.5, 0.6) is 5.75 Å². The van der Waals surface area contributed by atoms with Gasteiger partial charge in [0.05, 0.1) is 19.7 Å². The second-order valence-corrected chi connectivity index (χ2v) is 7.10. The smallest absolute Gasteiger partial charge is 0.191 e. The highest BCUT2D eigenvalue weighted by atomic mass is 16.5. The van der Waals surface area contributed by atoms with E-state index in [0.717, 1.165) is 37.7 Å². The molecule has 0 saturated carbocycles. The summed E-state index contributed by atoms with van der Waals surface area (Å²) in [6.07, 6.45) is 1.69. The van der Waals surface area contributed by atoms with E-state index in [9.17, 15) is 5.11 Å². The highest BCUT2D eigenvalue weighted by molar-refractivity contribution is 5.79. The molecule has 3 N–H and O–H groups in total. The van der Waals surface area contributed by atoms with Crippen LogP contribution in [0.1, 0.15) is 32.3 Å². The summed E-state index contributed by atoms with van der Waals surface area (Å²) in [4.78, 5) is 4.73. The molecule has 1 aliphatic rings. The second-order valence-electron chi connectivity index (χ2n) is 7.10. The zero-order valence-electron chi connectivity index (χ0n) is 16.3. The molecule has 1 saturated heterocycles. The molecule has 2 rings (SSSR count). The van der Waals surface area contributed by atoms with E-state index in [1.807, 2.05) is 32.0 Å². The molecule has 0 spiro atoms. The number of nitrogens with one attached hydrogen (secondary N) is 2. The van der Waals surface area contributed by atoms with Gasteiger partial charge in [0.25, 0.3) is 0 Å². The Bertz CT molecular complexity index is 571. The van der Waals surface area contributed by atoms with Crippen molar-refractivity contribution in [3.63, 3.8) is 0 Å². The van der Waals surface area contributed by atoms with Gasteiger partial charge in [0, 0.05) is 25.2 Å². The summed E-state index contributed by atoms with van der Waals surface area (Å²) in [7, 11) is 0. The summed E-state index contributed by atoms with van der Waals surface area (Å²) in [5, 5.41) is 16.0. The summed E-state index contributed by atoms with van der Waals surface area (Å²) >= 11 is 0. The monoisotopic (exact) mass is 363 g/mol. The van der Waals surface area contributed by atoms with Crippen LogP contribution in [0.2, 0.25) is 0 Å². The number of aliphatic hydroxyl groups is 1. The van der Waals surface area contributed by atoms with E-state index < -0.39 is 0 Å². The Labute approximate surface area is 157 Å². The van der Waals surface area contributed by atoms with Crippen molar-refractivity contribution in [1.82, 2.24) is 10.6 Å². The zero-order chi connectivity index (χ0) is 18.8. The van der Waals surface area contributed by atoms with Crippen molar-refractivity contribution in [2.45, 2.75) is 39.7 Å². The quantitative estimate of drug-likeness (QED) is 0.463. The lowest BCUT2D eigenvalue weighted by Gasteiger charge is -2.25. The Hall–Kier alpha value is -1.79. The first-order chi connectivity index (χ1) is 12.6. The van der Waals surface area contributed by atoms with E-state index in [0.29, 0.717) is 19.7 Å². The molecule has 6 nitrogen and oxygen atoms in total. The largest absolute Gasteiger partial charge is 0.489 e. The highest BCUT2D eigenvalue weighted by Gasteiger charge is 2.34. The van der Waals surface area contributed by atoms with Crippen molar-refractivity contribution < 1.29 is 14.6 Å². The van der Waals surface area contributed by atoms with Crippen LogP contribution >= 0.6 is 0 Å². The molecule has 0 aromatic heterocycles. The summed E-state index contributed by atoms with van der Waals surface area (Å²) in [6, 6.07) is 8.07. The first-order valence-electron chi connectivity index (χ1n) is 9.51. The Morgan fingerprint density at radius 1 is 1.42 bits per heavy atom. The Kier molecular flexibility index (Phi) is 8.19. The van der Waals surface area contributed by atoms with Gasteiger partial charge in [-0.1, -0.05) is 12.1 Å². The number of guanidine groups is 1. The lowest BCUT2D eigenvalue weighted by molar-refractivity contribution is 0.131. The van der Waals surface area contributed by atoms with Crippen LogP contribution in [0.3, 0.4) is 0 Å². The number of aryl methyl sites for hydroxylation is 1. The number of hydrogen-bond donors (Lipinski definition) is 3. The average Bonchev–Trinajstić information content (AvgIpc) is 3.06. The van der Waals surface area contributed by atoms with E-state index in [2.05, 4.69) is 23.6 Å². The third kappa shape index (κ3) is 6.50. The van der Waals surface area contributed by atoms with Crippen LogP contribution in [0, 0.1) is 12.3 Å². The van der Waals surface area contributed by atoms with E-state index >= 15 is 0 Å². The fourth-order valence-electron chi connectivity index (χ4n) is 3.08. The molecular weight excluding hydrogens is 330 g/mol. The van der Waals surface area contributed by atoms with Crippen molar-refractivity contribution >= 4 is 5.96 Å². The minimum absolute atomic E-state index is 0.0156. The molecule has 1 aromatic carbocycles. The van der Waals surface area contributed by atoms with Gasteiger partial charge in [0.1, 0.15) is 11.9 Å². The summed E-state index contributed by atoms with van der Waals surface area (Å²) in [5.41, 5.74) is 1.14. The molecule has 0 bridgehead atoms. The van der Waals surface area contributed by atoms with E-state index in [4.69, 9.17) is 14.5 Å². The first kappa shape index (κ1) is 20.5. The standard InChI is InChI=1S/C20H33N3O3/c1-4-21-19(23-14-20(8-10-24)9-11-25-15-20)22-13-17(3)26-18-7-5-6-16(2)12-18/h5-7,12,17,24H,4,8-11,13-15H2,1-3H3,(H2,21,22,23). The molecule has 1 heterocycles. The van der Waals surface area contributed by atoms with E-state index in [1.165, 1.54) is 5.56 Å². The molecule has 1 aliphatic heterocycles. The second kappa shape index (κ2) is 10.4. The average molecular weight is 364 g/mol. The number of ether oxygens (including phenoxy) is 2. The van der Waals surface area contributed by atoms with Crippen molar-refractivity contribution in [1.29, 1.82) is 0 Å². The molecule has 2 atom stereocenters. The molecule has 1 fully saturated rings. The van der Waals surface area contributed by atoms with Crippen LogP contribution in [0.4, 0.5) is 0 Å². The number of hydrogen-bond acceptors (Lipinski definition) is 4. The molecule has 0 amide bonds. The summed E-state index contributed by atoms with van der Waals surface area (Å²) < 4.78 is 11.5. The highest BCUT2D eigenvalue weighted by Crippen LogP contribution is 2.32. The number of aliphatic imine (C=N–C) groups is 1. The lowest BCUT2D eigenvalue weighted by Crippen LogP contribution is -2.42. The van der Waals surface area contributed by atoms with Gasteiger partial charge in [-0.2, -0.15) is 0 Å². The number of rotatable bonds is 9. The van der Waals surface area contributed by atoms with Crippen molar-refractivity contribution in [3.05, 3.63) is 29.8 Å². The Balaban J connectivity index is 1.88. The van der Waals surface area contributed by atoms with E-state index in [1.54, 1.807) is 0 Å². The summed E-state index contributed by atoms with van der Waals surface area (Å²) in [5.74, 6) is 1.66. The van der Waals surface area contributed by atoms with Gasteiger partial charge in [-0.3, -0.25) is 4.99 Å². The van der Waals surface area contributed by atoms with Crippen LogP contribution in [0.15, 0.2) is 29.3 Å². The molecule has 2 unspecified atom stereocenters. The normalized spacial score (nSPS) is 21.5. The Morgan fingerprint density at radius 2 is 2.27 bits per heavy atom. The van der Waals surface area contributed by atoms with Crippen LogP contribution in [-0.2, 0) is 4.74 Å². The molecule has 1 aromatic rings. The molecule has 0 aliphatic carbocycles. The first-order valence-corrected chi connectivity index (χ1v) is 9.51. The number of nitrogens with zero attached hydrogens (tertiary/aromatic N) is 1.